The zero-order valence-corrected chi connectivity index (χ0v) is 12.9. The second-order valence-corrected chi connectivity index (χ2v) is 4.49. The maximum Gasteiger partial charge on any atom is 0.171 e. The molecule has 112 valence electrons. The van der Waals surface area contributed by atoms with Crippen LogP contribution in [0.1, 0.15) is 19.5 Å². The van der Waals surface area contributed by atoms with Crippen LogP contribution < -0.4 is 14.8 Å². The number of anilines is 1. The van der Waals surface area contributed by atoms with Gasteiger partial charge >= 0.3 is 0 Å². The number of aromatic nitrogens is 2. The molecule has 0 saturated carbocycles. The molecule has 0 unspecified atom stereocenters. The molecular formula is C16H21N3O2. The van der Waals surface area contributed by atoms with Gasteiger partial charge in [0, 0.05) is 18.3 Å². The predicted octanol–water partition coefficient (Wildman–Crippen LogP) is 3.16. The normalized spacial score (nSPS) is 10.3. The molecule has 21 heavy (non-hydrogen) atoms. The minimum Gasteiger partial charge on any atom is -0.493 e. The van der Waals surface area contributed by atoms with Crippen LogP contribution in [-0.2, 0) is 6.42 Å². The molecule has 5 nitrogen and oxygen atoms in total. The van der Waals surface area contributed by atoms with Gasteiger partial charge in [-0.15, -0.1) is 0 Å². The van der Waals surface area contributed by atoms with Crippen molar-refractivity contribution in [1.29, 1.82) is 0 Å². The molecule has 0 aliphatic rings. The standard InChI is InChI=1S/C16H21N3O2/c1-5-11-10-14(17-6-2)19-16(18-11)12-8-7-9-13(20-3)15(12)21-4/h7-10H,5-6H2,1-4H3,(H,17,18,19). The molecule has 1 N–H and O–H groups in total. The summed E-state index contributed by atoms with van der Waals surface area (Å²) >= 11 is 0. The Bertz CT molecular complexity index is 614. The molecule has 0 amide bonds. The highest BCUT2D eigenvalue weighted by molar-refractivity contribution is 5.69. The van der Waals surface area contributed by atoms with E-state index in [1.165, 1.54) is 0 Å². The third-order valence-corrected chi connectivity index (χ3v) is 3.14. The van der Waals surface area contributed by atoms with Gasteiger partial charge in [-0.3, -0.25) is 0 Å². The average Bonchev–Trinajstić information content (AvgIpc) is 2.53. The van der Waals surface area contributed by atoms with Gasteiger partial charge in [-0.1, -0.05) is 13.0 Å². The number of ether oxygens (including phenoxy) is 2. The summed E-state index contributed by atoms with van der Waals surface area (Å²) in [5.74, 6) is 2.78. The van der Waals surface area contributed by atoms with Crippen molar-refractivity contribution in [1.82, 2.24) is 9.97 Å². The van der Waals surface area contributed by atoms with Gasteiger partial charge in [-0.05, 0) is 25.5 Å². The van der Waals surface area contributed by atoms with Crippen molar-refractivity contribution in [2.75, 3.05) is 26.1 Å². The Labute approximate surface area is 125 Å². The molecule has 0 fully saturated rings. The minimum atomic E-state index is 0.640. The number of benzene rings is 1. The van der Waals surface area contributed by atoms with Gasteiger partial charge in [0.2, 0.25) is 0 Å². The maximum absolute atomic E-state index is 5.47. The molecule has 0 bridgehead atoms. The van der Waals surface area contributed by atoms with Crippen LogP contribution in [0.5, 0.6) is 11.5 Å². The SMILES string of the molecule is CCNc1cc(CC)nc(-c2cccc(OC)c2OC)n1. The molecule has 0 radical (unpaired) electrons. The Kier molecular flexibility index (Phi) is 4.98. The molecule has 1 aromatic heterocycles. The first-order valence-corrected chi connectivity index (χ1v) is 7.06. The Morgan fingerprint density at radius 1 is 1.10 bits per heavy atom. The molecule has 0 atom stereocenters. The van der Waals surface area contributed by atoms with Gasteiger partial charge in [-0.25, -0.2) is 9.97 Å². The van der Waals surface area contributed by atoms with Crippen LogP contribution in [0, 0.1) is 0 Å². The van der Waals surface area contributed by atoms with Crippen LogP contribution in [0.15, 0.2) is 24.3 Å². The zero-order chi connectivity index (χ0) is 15.2. The van der Waals surface area contributed by atoms with Crippen LogP contribution in [0.2, 0.25) is 0 Å². The van der Waals surface area contributed by atoms with E-state index in [1.807, 2.05) is 31.2 Å². The van der Waals surface area contributed by atoms with Gasteiger partial charge < -0.3 is 14.8 Å². The van der Waals surface area contributed by atoms with Crippen molar-refractivity contribution < 1.29 is 9.47 Å². The maximum atomic E-state index is 5.47. The van der Waals surface area contributed by atoms with Crippen molar-refractivity contribution in [2.45, 2.75) is 20.3 Å². The number of aryl methyl sites for hydroxylation is 1. The molecule has 0 aliphatic heterocycles. The Morgan fingerprint density at radius 2 is 1.90 bits per heavy atom. The summed E-state index contributed by atoms with van der Waals surface area (Å²) in [6.07, 6.45) is 0.847. The van der Waals surface area contributed by atoms with Crippen molar-refractivity contribution in [3.63, 3.8) is 0 Å². The highest BCUT2D eigenvalue weighted by Crippen LogP contribution is 2.36. The van der Waals surface area contributed by atoms with E-state index < -0.39 is 0 Å². The van der Waals surface area contributed by atoms with Gasteiger partial charge in [0.25, 0.3) is 0 Å². The number of hydrogen-bond donors (Lipinski definition) is 1. The molecular weight excluding hydrogens is 266 g/mol. The average molecular weight is 287 g/mol. The summed E-state index contributed by atoms with van der Waals surface area (Å²) in [6, 6.07) is 7.67. The molecule has 5 heteroatoms. The molecule has 0 spiro atoms. The predicted molar refractivity (Wildman–Crippen MR) is 84.1 cm³/mol. The van der Waals surface area contributed by atoms with Crippen LogP contribution in [0.3, 0.4) is 0 Å². The highest BCUT2D eigenvalue weighted by Gasteiger charge is 2.15. The molecule has 2 rings (SSSR count). The number of nitrogens with one attached hydrogen (secondary N) is 1. The first-order chi connectivity index (χ1) is 10.2. The quantitative estimate of drug-likeness (QED) is 0.884. The lowest BCUT2D eigenvalue weighted by molar-refractivity contribution is 0.356. The molecule has 1 aromatic carbocycles. The first kappa shape index (κ1) is 15.1. The Balaban J connectivity index is 2.57. The number of rotatable bonds is 6. The topological polar surface area (TPSA) is 56.3 Å². The van der Waals surface area contributed by atoms with Crippen LogP contribution in [0.25, 0.3) is 11.4 Å². The molecule has 2 aromatic rings. The number of hydrogen-bond acceptors (Lipinski definition) is 5. The van der Waals surface area contributed by atoms with Crippen LogP contribution in [0.4, 0.5) is 5.82 Å². The molecule has 0 saturated heterocycles. The molecule has 0 aliphatic carbocycles. The van der Waals surface area contributed by atoms with Crippen LogP contribution in [-0.4, -0.2) is 30.7 Å². The second-order valence-electron chi connectivity index (χ2n) is 4.49. The van der Waals surface area contributed by atoms with Crippen LogP contribution >= 0.6 is 0 Å². The van der Waals surface area contributed by atoms with E-state index >= 15 is 0 Å². The summed E-state index contributed by atoms with van der Waals surface area (Å²) < 4.78 is 10.8. The van der Waals surface area contributed by atoms with Gasteiger partial charge in [0.05, 0.1) is 19.8 Å². The first-order valence-electron chi connectivity index (χ1n) is 7.06. The van der Waals surface area contributed by atoms with E-state index in [0.29, 0.717) is 17.3 Å². The Morgan fingerprint density at radius 3 is 2.52 bits per heavy atom. The number of para-hydroxylation sites is 1. The summed E-state index contributed by atoms with van der Waals surface area (Å²) in [5, 5.41) is 3.24. The third-order valence-electron chi connectivity index (χ3n) is 3.14. The van der Waals surface area contributed by atoms with E-state index in [4.69, 9.17) is 9.47 Å². The largest absolute Gasteiger partial charge is 0.493 e. The van der Waals surface area contributed by atoms with E-state index in [2.05, 4.69) is 22.2 Å². The summed E-state index contributed by atoms with van der Waals surface area (Å²) in [4.78, 5) is 9.17. The van der Waals surface area contributed by atoms with Crippen molar-refractivity contribution in [3.05, 3.63) is 30.0 Å². The lowest BCUT2D eigenvalue weighted by Crippen LogP contribution is -2.04. The van der Waals surface area contributed by atoms with E-state index in [-0.39, 0.29) is 0 Å². The monoisotopic (exact) mass is 287 g/mol. The van der Waals surface area contributed by atoms with Crippen molar-refractivity contribution >= 4 is 5.82 Å². The molecule has 1 heterocycles. The van der Waals surface area contributed by atoms with E-state index in [0.717, 1.165) is 30.0 Å². The fourth-order valence-electron chi connectivity index (χ4n) is 2.13. The zero-order valence-electron chi connectivity index (χ0n) is 12.9. The lowest BCUT2D eigenvalue weighted by atomic mass is 10.1. The van der Waals surface area contributed by atoms with Gasteiger partial charge in [0.15, 0.2) is 17.3 Å². The second kappa shape index (κ2) is 6.92. The highest BCUT2D eigenvalue weighted by atomic mass is 16.5. The van der Waals surface area contributed by atoms with E-state index in [1.54, 1.807) is 14.2 Å². The lowest BCUT2D eigenvalue weighted by Gasteiger charge is -2.13. The summed E-state index contributed by atoms with van der Waals surface area (Å²) in [5.41, 5.74) is 1.81. The Hall–Kier alpha value is -2.30. The fourth-order valence-corrected chi connectivity index (χ4v) is 2.13. The van der Waals surface area contributed by atoms with Crippen molar-refractivity contribution in [2.24, 2.45) is 0 Å². The number of methoxy groups -OCH3 is 2. The van der Waals surface area contributed by atoms with E-state index in [9.17, 15) is 0 Å². The summed E-state index contributed by atoms with van der Waals surface area (Å²) in [6.45, 7) is 4.93. The third kappa shape index (κ3) is 3.24. The fraction of sp³-hybridized carbons (Fsp3) is 0.375. The number of nitrogens with zero attached hydrogens (tertiary/aromatic N) is 2. The van der Waals surface area contributed by atoms with Crippen molar-refractivity contribution in [3.8, 4) is 22.9 Å². The smallest absolute Gasteiger partial charge is 0.171 e. The minimum absolute atomic E-state index is 0.640. The van der Waals surface area contributed by atoms with Gasteiger partial charge in [-0.2, -0.15) is 0 Å². The summed E-state index contributed by atoms with van der Waals surface area (Å²) in [7, 11) is 3.24. The van der Waals surface area contributed by atoms with Gasteiger partial charge in [0.1, 0.15) is 5.82 Å².